The van der Waals surface area contributed by atoms with Crippen LogP contribution in [0.4, 0.5) is 10.5 Å². The van der Waals surface area contributed by atoms with Gasteiger partial charge in [-0.2, -0.15) is 0 Å². The van der Waals surface area contributed by atoms with Crippen molar-refractivity contribution in [3.05, 3.63) is 72.3 Å². The van der Waals surface area contributed by atoms with Crippen molar-refractivity contribution >= 4 is 40.2 Å². The van der Waals surface area contributed by atoms with Crippen molar-refractivity contribution in [2.45, 2.75) is 19.4 Å². The number of nitrogens with zero attached hydrogens (tertiary/aromatic N) is 2. The Kier molecular flexibility index (Phi) is 6.91. The number of fused-ring (bicyclic) bond motifs is 1. The Balaban J connectivity index is 1.45. The van der Waals surface area contributed by atoms with Crippen LogP contribution in [-0.2, 0) is 19.9 Å². The smallest absolute Gasteiger partial charge is 0.325 e. The number of urea groups is 1. The van der Waals surface area contributed by atoms with Crippen LogP contribution in [0.5, 0.6) is 5.75 Å². The lowest BCUT2D eigenvalue weighted by molar-refractivity contribution is -0.140. The van der Waals surface area contributed by atoms with Gasteiger partial charge in [0.2, 0.25) is 11.8 Å². The Morgan fingerprint density at radius 1 is 1.03 bits per heavy atom. The quantitative estimate of drug-likeness (QED) is 0.474. The second kappa shape index (κ2) is 10.1. The van der Waals surface area contributed by atoms with Gasteiger partial charge in [-0.25, -0.2) is 4.79 Å². The maximum atomic E-state index is 13.3. The van der Waals surface area contributed by atoms with E-state index in [2.05, 4.69) is 10.6 Å². The number of carbonyl (C=O) groups is 4. The molecule has 186 valence electrons. The van der Waals surface area contributed by atoms with E-state index in [9.17, 15) is 19.2 Å². The summed E-state index contributed by atoms with van der Waals surface area (Å²) in [6.45, 7) is 2.87. The summed E-state index contributed by atoms with van der Waals surface area (Å²) in [6.07, 6.45) is 0. The highest BCUT2D eigenvalue weighted by Gasteiger charge is 2.49. The van der Waals surface area contributed by atoms with Gasteiger partial charge in [0, 0.05) is 6.54 Å². The molecule has 3 aromatic carbocycles. The van der Waals surface area contributed by atoms with Crippen LogP contribution in [0.25, 0.3) is 10.8 Å². The number of amides is 5. The Hall–Kier alpha value is -4.40. The van der Waals surface area contributed by atoms with E-state index in [4.69, 9.17) is 4.74 Å². The van der Waals surface area contributed by atoms with Gasteiger partial charge in [0.15, 0.2) is 0 Å². The van der Waals surface area contributed by atoms with Gasteiger partial charge in [-0.3, -0.25) is 19.3 Å². The van der Waals surface area contributed by atoms with Crippen molar-refractivity contribution in [3.63, 3.8) is 0 Å². The van der Waals surface area contributed by atoms with Gasteiger partial charge in [0.05, 0.1) is 19.3 Å². The molecule has 0 radical (unpaired) electrons. The SMILES string of the molecule is CCN(CC(=O)Nc1ccccc1OC)C(=O)CN1C(=O)NC(C)(c2ccc3ccccc3c2)C1=O. The lowest BCUT2D eigenvalue weighted by atomic mass is 9.90. The molecule has 1 saturated heterocycles. The molecular formula is C27H28N4O5. The first-order valence-corrected chi connectivity index (χ1v) is 11.6. The minimum Gasteiger partial charge on any atom is -0.495 e. The van der Waals surface area contributed by atoms with Gasteiger partial charge in [-0.15, -0.1) is 0 Å². The van der Waals surface area contributed by atoms with E-state index in [1.165, 1.54) is 12.0 Å². The highest BCUT2D eigenvalue weighted by molar-refractivity contribution is 6.09. The lowest BCUT2D eigenvalue weighted by Crippen LogP contribution is -2.46. The Morgan fingerprint density at radius 2 is 1.72 bits per heavy atom. The number of methoxy groups -OCH3 is 1. The van der Waals surface area contributed by atoms with Crippen LogP contribution in [0, 0.1) is 0 Å². The molecule has 36 heavy (non-hydrogen) atoms. The van der Waals surface area contributed by atoms with E-state index in [-0.39, 0.29) is 13.1 Å². The van der Waals surface area contributed by atoms with Crippen molar-refractivity contribution in [2.75, 3.05) is 32.1 Å². The number of para-hydroxylation sites is 2. The molecule has 0 saturated carbocycles. The van der Waals surface area contributed by atoms with E-state index in [0.717, 1.165) is 15.7 Å². The summed E-state index contributed by atoms with van der Waals surface area (Å²) in [5.41, 5.74) is -0.202. The highest BCUT2D eigenvalue weighted by atomic mass is 16.5. The van der Waals surface area contributed by atoms with Gasteiger partial charge < -0.3 is 20.3 Å². The second-order valence-corrected chi connectivity index (χ2v) is 8.66. The molecule has 1 fully saturated rings. The molecule has 9 heteroatoms. The number of nitrogens with one attached hydrogen (secondary N) is 2. The van der Waals surface area contributed by atoms with E-state index in [1.54, 1.807) is 44.2 Å². The van der Waals surface area contributed by atoms with Crippen molar-refractivity contribution in [2.24, 2.45) is 0 Å². The predicted octanol–water partition coefficient (Wildman–Crippen LogP) is 3.10. The zero-order valence-corrected chi connectivity index (χ0v) is 20.4. The average Bonchev–Trinajstić information content (AvgIpc) is 3.10. The van der Waals surface area contributed by atoms with Crippen molar-refractivity contribution in [3.8, 4) is 5.75 Å². The number of ether oxygens (including phenoxy) is 1. The van der Waals surface area contributed by atoms with E-state index in [1.807, 2.05) is 36.4 Å². The third kappa shape index (κ3) is 4.72. The fourth-order valence-corrected chi connectivity index (χ4v) is 4.26. The maximum Gasteiger partial charge on any atom is 0.325 e. The molecule has 1 atom stereocenters. The van der Waals surface area contributed by atoms with Crippen LogP contribution in [0.15, 0.2) is 66.7 Å². The van der Waals surface area contributed by atoms with Crippen molar-refractivity contribution < 1.29 is 23.9 Å². The van der Waals surface area contributed by atoms with Crippen LogP contribution in [-0.4, -0.2) is 60.3 Å². The number of rotatable bonds is 8. The fourth-order valence-electron chi connectivity index (χ4n) is 4.26. The molecule has 0 bridgehead atoms. The van der Waals surface area contributed by atoms with E-state index in [0.29, 0.717) is 17.0 Å². The molecule has 9 nitrogen and oxygen atoms in total. The molecule has 1 aliphatic rings. The monoisotopic (exact) mass is 488 g/mol. The minimum absolute atomic E-state index is 0.226. The molecule has 4 rings (SSSR count). The first kappa shape index (κ1) is 24.7. The number of imide groups is 1. The van der Waals surface area contributed by atoms with Crippen molar-refractivity contribution in [1.29, 1.82) is 0 Å². The van der Waals surface area contributed by atoms with E-state index >= 15 is 0 Å². The van der Waals surface area contributed by atoms with Crippen LogP contribution in [0.3, 0.4) is 0 Å². The van der Waals surface area contributed by atoms with Gasteiger partial charge in [0.1, 0.15) is 17.8 Å². The first-order chi connectivity index (χ1) is 17.3. The van der Waals surface area contributed by atoms with Gasteiger partial charge in [-0.1, -0.05) is 48.5 Å². The first-order valence-electron chi connectivity index (χ1n) is 11.6. The normalized spacial score (nSPS) is 17.1. The van der Waals surface area contributed by atoms with Crippen LogP contribution >= 0.6 is 0 Å². The van der Waals surface area contributed by atoms with Gasteiger partial charge in [0.25, 0.3) is 5.91 Å². The molecule has 0 aromatic heterocycles. The lowest BCUT2D eigenvalue weighted by Gasteiger charge is -2.24. The number of benzene rings is 3. The molecule has 2 N–H and O–H groups in total. The Bertz CT molecular complexity index is 1340. The highest BCUT2D eigenvalue weighted by Crippen LogP contribution is 2.31. The third-order valence-electron chi connectivity index (χ3n) is 6.35. The number of hydrogen-bond donors (Lipinski definition) is 2. The average molecular weight is 489 g/mol. The molecular weight excluding hydrogens is 460 g/mol. The maximum absolute atomic E-state index is 13.3. The van der Waals surface area contributed by atoms with Gasteiger partial charge in [-0.05, 0) is 48.4 Å². The zero-order valence-electron chi connectivity index (χ0n) is 20.4. The largest absolute Gasteiger partial charge is 0.495 e. The van der Waals surface area contributed by atoms with Crippen LogP contribution in [0.1, 0.15) is 19.4 Å². The summed E-state index contributed by atoms with van der Waals surface area (Å²) in [6, 6.07) is 19.5. The zero-order chi connectivity index (χ0) is 25.9. The molecule has 0 aliphatic carbocycles. The molecule has 1 unspecified atom stereocenters. The topological polar surface area (TPSA) is 108 Å². The van der Waals surface area contributed by atoms with Crippen LogP contribution in [0.2, 0.25) is 0 Å². The summed E-state index contributed by atoms with van der Waals surface area (Å²) in [5.74, 6) is -0.968. The van der Waals surface area contributed by atoms with Gasteiger partial charge >= 0.3 is 6.03 Å². The summed E-state index contributed by atoms with van der Waals surface area (Å²) < 4.78 is 5.23. The molecule has 0 spiro atoms. The minimum atomic E-state index is -1.31. The summed E-state index contributed by atoms with van der Waals surface area (Å²) >= 11 is 0. The number of likely N-dealkylation sites (N-methyl/N-ethyl adjacent to an activating group) is 1. The number of anilines is 1. The van der Waals surface area contributed by atoms with Crippen molar-refractivity contribution in [1.82, 2.24) is 15.1 Å². The third-order valence-corrected chi connectivity index (χ3v) is 6.35. The molecule has 1 heterocycles. The molecule has 5 amide bonds. The summed E-state index contributed by atoms with van der Waals surface area (Å²) in [5, 5.41) is 7.41. The number of hydrogen-bond acceptors (Lipinski definition) is 5. The summed E-state index contributed by atoms with van der Waals surface area (Å²) in [7, 11) is 1.50. The molecule has 1 aliphatic heterocycles. The second-order valence-electron chi connectivity index (χ2n) is 8.66. The standard InChI is InChI=1S/C27H28N4O5/c1-4-30(16-23(32)28-21-11-7-8-12-22(21)36-3)24(33)17-31-25(34)27(2,29-26(31)35)20-14-13-18-9-5-6-10-19(18)15-20/h5-15H,4,16-17H2,1-3H3,(H,28,32)(H,29,35). The van der Waals surface area contributed by atoms with E-state index < -0.39 is 35.8 Å². The summed E-state index contributed by atoms with van der Waals surface area (Å²) in [4.78, 5) is 53.9. The Labute approximate surface area is 209 Å². The Morgan fingerprint density at radius 3 is 2.44 bits per heavy atom. The fraction of sp³-hybridized carbons (Fsp3) is 0.259. The molecule has 3 aromatic rings. The number of carbonyl (C=O) groups excluding carboxylic acids is 4. The predicted molar refractivity (Wildman–Crippen MR) is 135 cm³/mol. The van der Waals surface area contributed by atoms with Crippen LogP contribution < -0.4 is 15.4 Å².